The molecule has 1 unspecified atom stereocenters. The van der Waals surface area contributed by atoms with Crippen LogP contribution in [-0.2, 0) is 16.0 Å². The fourth-order valence-electron chi connectivity index (χ4n) is 7.76. The van der Waals surface area contributed by atoms with Crippen molar-refractivity contribution in [2.75, 3.05) is 39.3 Å². The number of nitrogens with one attached hydrogen (secondary N) is 2. The van der Waals surface area contributed by atoms with Gasteiger partial charge in [0, 0.05) is 50.7 Å². The molecule has 0 radical (unpaired) electrons. The summed E-state index contributed by atoms with van der Waals surface area (Å²) in [5.74, 6) is -0.00426. The molecule has 1 aromatic rings. The average molecular weight is 584 g/mol. The maximum absolute atomic E-state index is 14.1. The average Bonchev–Trinajstić information content (AvgIpc) is 3.45. The summed E-state index contributed by atoms with van der Waals surface area (Å²) in [6.07, 6.45) is 9.46. The van der Waals surface area contributed by atoms with E-state index >= 15 is 0 Å². The minimum Gasteiger partial charge on any atom is -0.351 e. The van der Waals surface area contributed by atoms with E-state index in [9.17, 15) is 18.8 Å². The lowest BCUT2D eigenvalue weighted by Crippen LogP contribution is -2.60. The normalized spacial score (nSPS) is 24.1. The molecule has 8 nitrogen and oxygen atoms in total. The molecule has 2 atom stereocenters. The summed E-state index contributed by atoms with van der Waals surface area (Å²) in [6.45, 7) is 10.3. The van der Waals surface area contributed by atoms with Crippen LogP contribution in [0.4, 0.5) is 9.18 Å². The van der Waals surface area contributed by atoms with Gasteiger partial charge in [-0.2, -0.15) is 0 Å². The second-order valence-corrected chi connectivity index (χ2v) is 14.1. The van der Waals surface area contributed by atoms with E-state index in [1.807, 2.05) is 30.6 Å². The van der Waals surface area contributed by atoms with Crippen molar-refractivity contribution >= 4 is 17.8 Å². The molecule has 3 saturated heterocycles. The number of hydrogen-bond acceptors (Lipinski definition) is 4. The first-order chi connectivity index (χ1) is 20.0. The van der Waals surface area contributed by atoms with Gasteiger partial charge in [0.2, 0.25) is 11.8 Å². The number of amides is 4. The Hall–Kier alpha value is -2.68. The van der Waals surface area contributed by atoms with Crippen molar-refractivity contribution in [3.05, 3.63) is 35.6 Å². The van der Waals surface area contributed by atoms with Crippen LogP contribution in [0.15, 0.2) is 24.3 Å². The van der Waals surface area contributed by atoms with E-state index in [0.717, 1.165) is 57.2 Å². The standard InChI is InChI=1S/C33H50FN5O3/c1-32(2,3)36-30(41)33(25-8-5-4-6-9-25)15-18-38(19-16-33)29(40)28(22-24-11-13-26(34)14-12-24)35-31(42)39-21-20-37-17-7-10-27(37)23-39/h11-14,25,27-28H,4-10,15-23H2,1-3H3,(H,35,42)(H,36,41)/t27?,28-/m1/s1. The van der Waals surface area contributed by atoms with Gasteiger partial charge < -0.3 is 20.4 Å². The second kappa shape index (κ2) is 12.9. The molecule has 232 valence electrons. The number of piperidine rings is 1. The zero-order valence-electron chi connectivity index (χ0n) is 25.8. The van der Waals surface area contributed by atoms with Crippen LogP contribution in [-0.4, -0.2) is 89.4 Å². The summed E-state index contributed by atoms with van der Waals surface area (Å²) in [4.78, 5) is 47.5. The number of rotatable bonds is 6. The highest BCUT2D eigenvalue weighted by atomic mass is 19.1. The number of likely N-dealkylation sites (tertiary alicyclic amines) is 1. The van der Waals surface area contributed by atoms with Gasteiger partial charge in [-0.1, -0.05) is 31.4 Å². The Kier molecular flexibility index (Phi) is 9.45. The first-order valence-corrected chi connectivity index (χ1v) is 16.2. The minimum absolute atomic E-state index is 0.121. The summed E-state index contributed by atoms with van der Waals surface area (Å²) >= 11 is 0. The SMILES string of the molecule is CC(C)(C)NC(=O)C1(C2CCCCC2)CCN(C(=O)[C@@H](Cc2ccc(F)cc2)NC(=O)N2CCN3CCCC3C2)CC1. The molecule has 5 rings (SSSR count). The van der Waals surface area contributed by atoms with E-state index < -0.39 is 11.5 Å². The third-order valence-corrected chi connectivity index (χ3v) is 10.1. The molecule has 1 aliphatic carbocycles. The number of hydrogen-bond donors (Lipinski definition) is 2. The number of fused-ring (bicyclic) bond motifs is 1. The van der Waals surface area contributed by atoms with Gasteiger partial charge in [-0.3, -0.25) is 14.5 Å². The van der Waals surface area contributed by atoms with E-state index in [1.165, 1.54) is 18.6 Å². The minimum atomic E-state index is -0.754. The van der Waals surface area contributed by atoms with Crippen molar-refractivity contribution in [2.45, 2.75) is 103 Å². The van der Waals surface area contributed by atoms with Crippen LogP contribution in [0.2, 0.25) is 0 Å². The van der Waals surface area contributed by atoms with Crippen molar-refractivity contribution in [1.82, 2.24) is 25.3 Å². The van der Waals surface area contributed by atoms with Crippen molar-refractivity contribution in [2.24, 2.45) is 11.3 Å². The highest BCUT2D eigenvalue weighted by molar-refractivity contribution is 5.88. The molecule has 4 amide bonds. The summed E-state index contributed by atoms with van der Waals surface area (Å²) in [7, 11) is 0. The van der Waals surface area contributed by atoms with Crippen LogP contribution >= 0.6 is 0 Å². The van der Waals surface area contributed by atoms with Crippen LogP contribution in [0.25, 0.3) is 0 Å². The van der Waals surface area contributed by atoms with Crippen LogP contribution < -0.4 is 10.6 Å². The zero-order chi connectivity index (χ0) is 29.9. The molecule has 0 spiro atoms. The lowest BCUT2D eigenvalue weighted by Gasteiger charge is -2.48. The number of halogens is 1. The first kappa shape index (κ1) is 30.8. The third-order valence-electron chi connectivity index (χ3n) is 10.1. The zero-order valence-corrected chi connectivity index (χ0v) is 25.8. The van der Waals surface area contributed by atoms with Gasteiger partial charge in [0.15, 0.2) is 0 Å². The Morgan fingerprint density at radius 1 is 0.905 bits per heavy atom. The van der Waals surface area contributed by atoms with E-state index in [-0.39, 0.29) is 29.2 Å². The molecular weight excluding hydrogens is 533 g/mol. The Labute approximate surface area is 250 Å². The molecule has 0 aromatic heterocycles. The topological polar surface area (TPSA) is 85.0 Å². The second-order valence-electron chi connectivity index (χ2n) is 14.1. The molecule has 3 aliphatic heterocycles. The fraction of sp³-hybridized carbons (Fsp3) is 0.727. The van der Waals surface area contributed by atoms with Gasteiger partial charge in [0.05, 0.1) is 5.41 Å². The maximum Gasteiger partial charge on any atom is 0.318 e. The predicted octanol–water partition coefficient (Wildman–Crippen LogP) is 4.33. The van der Waals surface area contributed by atoms with Crippen LogP contribution in [0.3, 0.4) is 0 Å². The fourth-order valence-corrected chi connectivity index (χ4v) is 7.76. The maximum atomic E-state index is 14.1. The van der Waals surface area contributed by atoms with Gasteiger partial charge in [-0.05, 0) is 89.5 Å². The van der Waals surface area contributed by atoms with Gasteiger partial charge in [-0.25, -0.2) is 9.18 Å². The van der Waals surface area contributed by atoms with Crippen LogP contribution in [0.5, 0.6) is 0 Å². The summed E-state index contributed by atoms with van der Waals surface area (Å²) in [5.41, 5.74) is 0.00948. The molecule has 42 heavy (non-hydrogen) atoms. The number of carbonyl (C=O) groups excluding carboxylic acids is 3. The Morgan fingerprint density at radius 2 is 1.60 bits per heavy atom. The van der Waals surface area contributed by atoms with Gasteiger partial charge in [0.25, 0.3) is 0 Å². The highest BCUT2D eigenvalue weighted by Gasteiger charge is 2.49. The molecule has 0 bridgehead atoms. The largest absolute Gasteiger partial charge is 0.351 e. The molecule has 1 aromatic carbocycles. The highest BCUT2D eigenvalue weighted by Crippen LogP contribution is 2.46. The third kappa shape index (κ3) is 7.09. The number of nitrogens with zero attached hydrogens (tertiary/aromatic N) is 3. The van der Waals surface area contributed by atoms with Crippen LogP contribution in [0, 0.1) is 17.2 Å². The van der Waals surface area contributed by atoms with Crippen molar-refractivity contribution in [3.63, 3.8) is 0 Å². The monoisotopic (exact) mass is 583 g/mol. The lowest BCUT2D eigenvalue weighted by molar-refractivity contribution is -0.147. The molecule has 4 fully saturated rings. The molecule has 2 N–H and O–H groups in total. The smallest absolute Gasteiger partial charge is 0.318 e. The molecular formula is C33H50FN5O3. The van der Waals surface area contributed by atoms with Crippen LogP contribution in [0.1, 0.15) is 84.1 Å². The van der Waals surface area contributed by atoms with E-state index in [0.29, 0.717) is 57.4 Å². The first-order valence-electron chi connectivity index (χ1n) is 16.2. The van der Waals surface area contributed by atoms with Crippen molar-refractivity contribution < 1.29 is 18.8 Å². The number of benzene rings is 1. The van der Waals surface area contributed by atoms with Gasteiger partial charge >= 0.3 is 6.03 Å². The summed E-state index contributed by atoms with van der Waals surface area (Å²) in [5, 5.41) is 6.34. The molecule has 3 heterocycles. The van der Waals surface area contributed by atoms with Gasteiger partial charge in [-0.15, -0.1) is 0 Å². The number of carbonyl (C=O) groups is 3. The molecule has 1 saturated carbocycles. The van der Waals surface area contributed by atoms with Gasteiger partial charge in [0.1, 0.15) is 11.9 Å². The Morgan fingerprint density at radius 3 is 2.26 bits per heavy atom. The summed E-state index contributed by atoms with van der Waals surface area (Å²) in [6, 6.07) is 5.58. The van der Waals surface area contributed by atoms with E-state index in [2.05, 4.69) is 15.5 Å². The molecule has 9 heteroatoms. The lowest BCUT2D eigenvalue weighted by atomic mass is 9.63. The summed E-state index contributed by atoms with van der Waals surface area (Å²) < 4.78 is 13.6. The number of piperazine rings is 1. The Bertz CT molecular complexity index is 1110. The van der Waals surface area contributed by atoms with Crippen molar-refractivity contribution in [1.29, 1.82) is 0 Å². The predicted molar refractivity (Wildman–Crippen MR) is 161 cm³/mol. The number of urea groups is 1. The molecule has 4 aliphatic rings. The quantitative estimate of drug-likeness (QED) is 0.522. The van der Waals surface area contributed by atoms with E-state index in [4.69, 9.17) is 0 Å². The van der Waals surface area contributed by atoms with Crippen molar-refractivity contribution in [3.8, 4) is 0 Å². The van der Waals surface area contributed by atoms with E-state index in [1.54, 1.807) is 12.1 Å². The Balaban J connectivity index is 1.30.